The van der Waals surface area contributed by atoms with Gasteiger partial charge in [-0.2, -0.15) is 0 Å². The number of carbonyl (C=O) groups is 1. The average Bonchev–Trinajstić information content (AvgIpc) is 3.18. The lowest BCUT2D eigenvalue weighted by Gasteiger charge is -2.28. The number of piperazine rings is 1. The summed E-state index contributed by atoms with van der Waals surface area (Å²) in [5.74, 6) is 0.918. The monoisotopic (exact) mass is 301 g/mol. The van der Waals surface area contributed by atoms with Crippen molar-refractivity contribution in [2.24, 2.45) is 0 Å². The minimum Gasteiger partial charge on any atom is -0.383 e. The molecule has 0 radical (unpaired) electrons. The highest BCUT2D eigenvalue weighted by Crippen LogP contribution is 2.28. The normalized spacial score (nSPS) is 23.0. The molecular formula is C16H23N5O. The van der Waals surface area contributed by atoms with Crippen LogP contribution in [0.5, 0.6) is 0 Å². The molecule has 4 rings (SSSR count). The number of anilines is 2. The molecule has 0 spiro atoms. The summed E-state index contributed by atoms with van der Waals surface area (Å²) < 4.78 is 0. The van der Waals surface area contributed by atoms with Gasteiger partial charge in [0.05, 0.1) is 5.56 Å². The second-order valence-corrected chi connectivity index (χ2v) is 5.79. The first-order valence-electron chi connectivity index (χ1n) is 7.44. The number of nitrogens with one attached hydrogen (secondary N) is 1. The second-order valence-electron chi connectivity index (χ2n) is 5.79. The number of aromatic nitrogens is 2. The molecule has 2 atom stereocenters. The summed E-state index contributed by atoms with van der Waals surface area (Å²) in [6.07, 6.45) is 2.72. The molecule has 6 heteroatoms. The topological polar surface area (TPSA) is 84.1 Å². The Morgan fingerprint density at radius 2 is 2.27 bits per heavy atom. The Hall–Kier alpha value is -2.47. The summed E-state index contributed by atoms with van der Waals surface area (Å²) >= 11 is 0. The van der Waals surface area contributed by atoms with Gasteiger partial charge in [0, 0.05) is 35.6 Å². The number of pyridine rings is 2. The molecule has 118 valence electrons. The van der Waals surface area contributed by atoms with Gasteiger partial charge in [-0.15, -0.1) is 0 Å². The maximum absolute atomic E-state index is 12.6. The van der Waals surface area contributed by atoms with Gasteiger partial charge >= 0.3 is 0 Å². The van der Waals surface area contributed by atoms with E-state index in [1.807, 2.05) is 12.1 Å². The second kappa shape index (κ2) is 5.06. The molecule has 2 bridgehead atoms. The van der Waals surface area contributed by atoms with E-state index in [0.717, 1.165) is 25.3 Å². The van der Waals surface area contributed by atoms with Crippen LogP contribution in [0, 0.1) is 0 Å². The van der Waals surface area contributed by atoms with Crippen LogP contribution in [0.3, 0.4) is 0 Å². The van der Waals surface area contributed by atoms with E-state index in [0.29, 0.717) is 23.3 Å². The Bertz CT molecular complexity index is 745. The van der Waals surface area contributed by atoms with Crippen molar-refractivity contribution in [2.75, 3.05) is 23.7 Å². The van der Waals surface area contributed by atoms with Crippen LogP contribution in [0.4, 0.5) is 11.6 Å². The molecule has 0 amide bonds. The highest BCUT2D eigenvalue weighted by molar-refractivity contribution is 6.10. The number of nitrogen functional groups attached to an aromatic ring is 1. The van der Waals surface area contributed by atoms with Crippen LogP contribution < -0.4 is 16.0 Å². The lowest BCUT2D eigenvalue weighted by Crippen LogP contribution is -2.44. The van der Waals surface area contributed by atoms with Gasteiger partial charge < -0.3 is 16.0 Å². The Labute approximate surface area is 132 Å². The molecule has 2 fully saturated rings. The van der Waals surface area contributed by atoms with Crippen molar-refractivity contribution in [3.8, 4) is 0 Å². The van der Waals surface area contributed by atoms with E-state index in [2.05, 4.69) is 20.2 Å². The van der Waals surface area contributed by atoms with E-state index in [4.69, 9.17) is 5.73 Å². The molecule has 0 unspecified atom stereocenters. The maximum atomic E-state index is 12.6. The van der Waals surface area contributed by atoms with Gasteiger partial charge in [0.15, 0.2) is 0 Å². The molecule has 0 aliphatic carbocycles. The van der Waals surface area contributed by atoms with Crippen molar-refractivity contribution in [1.29, 1.82) is 0 Å². The van der Waals surface area contributed by atoms with E-state index < -0.39 is 0 Å². The van der Waals surface area contributed by atoms with Crippen LogP contribution in [-0.2, 0) is 0 Å². The fourth-order valence-electron chi connectivity index (χ4n) is 3.30. The molecule has 0 saturated carbocycles. The van der Waals surface area contributed by atoms with Crippen molar-refractivity contribution >= 4 is 17.4 Å². The molecule has 2 saturated heterocycles. The standard InChI is InChI=1S/C16H17N5O.3H2/c17-16-12(3-2-6-18-16)15(22)13-4-1-5-14(20-13)21-9-10-7-11(21)8-19-10;;;/h1-6,10-11,19H,7-9H2,(H2,17,18);3*1H/t10-,11+;;;/m0.../s1. The fourth-order valence-corrected chi connectivity index (χ4v) is 3.30. The van der Waals surface area contributed by atoms with Crippen LogP contribution in [-0.4, -0.2) is 40.9 Å². The van der Waals surface area contributed by atoms with Gasteiger partial charge in [-0.1, -0.05) is 6.07 Å². The first kappa shape index (κ1) is 13.2. The van der Waals surface area contributed by atoms with Crippen molar-refractivity contribution in [3.63, 3.8) is 0 Å². The number of hydrogen-bond acceptors (Lipinski definition) is 6. The lowest BCUT2D eigenvalue weighted by molar-refractivity contribution is 0.103. The van der Waals surface area contributed by atoms with E-state index in [1.54, 1.807) is 24.4 Å². The summed E-state index contributed by atoms with van der Waals surface area (Å²) in [5, 5.41) is 3.47. The molecule has 2 aromatic rings. The number of fused-ring (bicyclic) bond motifs is 2. The van der Waals surface area contributed by atoms with Gasteiger partial charge in [-0.25, -0.2) is 9.97 Å². The van der Waals surface area contributed by atoms with Crippen molar-refractivity contribution < 1.29 is 9.07 Å². The first-order chi connectivity index (χ1) is 10.7. The SMILES string of the molecule is Nc1ncccc1C(=O)c1cccc(N2C[C@@H]3C[C@@H]2CN3)n1.[HH].[HH].[HH]. The number of nitrogens with two attached hydrogens (primary N) is 1. The highest BCUT2D eigenvalue weighted by Gasteiger charge is 2.38. The van der Waals surface area contributed by atoms with Crippen molar-refractivity contribution in [1.82, 2.24) is 15.3 Å². The Kier molecular flexibility index (Phi) is 3.04. The predicted molar refractivity (Wildman–Crippen MR) is 90.2 cm³/mol. The zero-order valence-corrected chi connectivity index (χ0v) is 12.1. The number of ketones is 1. The third-order valence-electron chi connectivity index (χ3n) is 4.40. The zero-order valence-electron chi connectivity index (χ0n) is 12.1. The van der Waals surface area contributed by atoms with Gasteiger partial charge in [-0.3, -0.25) is 4.79 Å². The predicted octanol–water partition coefficient (Wildman–Crippen LogP) is 1.58. The van der Waals surface area contributed by atoms with Crippen LogP contribution in [0.2, 0.25) is 0 Å². The minimum atomic E-state index is -0.185. The van der Waals surface area contributed by atoms with E-state index in [1.165, 1.54) is 0 Å². The summed E-state index contributed by atoms with van der Waals surface area (Å²) in [6, 6.07) is 9.97. The van der Waals surface area contributed by atoms with Crippen LogP contribution in [0.15, 0.2) is 36.5 Å². The van der Waals surface area contributed by atoms with Gasteiger partial charge in [0.25, 0.3) is 0 Å². The molecule has 2 aliphatic rings. The molecule has 6 nitrogen and oxygen atoms in total. The van der Waals surface area contributed by atoms with E-state index in [-0.39, 0.29) is 15.9 Å². The van der Waals surface area contributed by atoms with Gasteiger partial charge in [-0.05, 0) is 30.7 Å². The minimum absolute atomic E-state index is 0. The molecular weight excluding hydrogens is 278 g/mol. The zero-order chi connectivity index (χ0) is 15.1. The summed E-state index contributed by atoms with van der Waals surface area (Å²) in [7, 11) is 0. The molecule has 2 aromatic heterocycles. The van der Waals surface area contributed by atoms with Crippen LogP contribution in [0.25, 0.3) is 0 Å². The Morgan fingerprint density at radius 1 is 1.36 bits per heavy atom. The quantitative estimate of drug-likeness (QED) is 0.837. The number of nitrogens with zero attached hydrogens (tertiary/aromatic N) is 3. The maximum Gasteiger partial charge on any atom is 0.215 e. The average molecular weight is 301 g/mol. The molecule has 3 N–H and O–H groups in total. The number of carbonyl (C=O) groups excluding carboxylic acids is 1. The van der Waals surface area contributed by atoms with E-state index in [9.17, 15) is 4.79 Å². The third-order valence-corrected chi connectivity index (χ3v) is 4.40. The highest BCUT2D eigenvalue weighted by atomic mass is 16.1. The van der Waals surface area contributed by atoms with Crippen molar-refractivity contribution in [3.05, 3.63) is 47.8 Å². The number of hydrogen-bond donors (Lipinski definition) is 2. The molecule has 0 aromatic carbocycles. The summed E-state index contributed by atoms with van der Waals surface area (Å²) in [5.41, 5.74) is 6.60. The third kappa shape index (κ3) is 2.12. The number of rotatable bonds is 3. The lowest BCUT2D eigenvalue weighted by atomic mass is 10.1. The first-order valence-corrected chi connectivity index (χ1v) is 7.44. The van der Waals surface area contributed by atoms with Gasteiger partial charge in [0.1, 0.15) is 17.3 Å². The Morgan fingerprint density at radius 3 is 3.00 bits per heavy atom. The van der Waals surface area contributed by atoms with Crippen LogP contribution in [0.1, 0.15) is 26.8 Å². The molecule has 22 heavy (non-hydrogen) atoms. The smallest absolute Gasteiger partial charge is 0.215 e. The fraction of sp³-hybridized carbons (Fsp3) is 0.312. The van der Waals surface area contributed by atoms with Crippen LogP contribution >= 0.6 is 0 Å². The molecule has 2 aliphatic heterocycles. The summed E-state index contributed by atoms with van der Waals surface area (Å²) in [6.45, 7) is 1.93. The van der Waals surface area contributed by atoms with E-state index >= 15 is 0 Å². The Balaban J connectivity index is 0.00000104. The van der Waals surface area contributed by atoms with Gasteiger partial charge in [0.2, 0.25) is 5.78 Å². The molecule has 4 heterocycles. The van der Waals surface area contributed by atoms with Crippen molar-refractivity contribution in [2.45, 2.75) is 18.5 Å². The summed E-state index contributed by atoms with van der Waals surface area (Å²) in [4.78, 5) is 23.4. The largest absolute Gasteiger partial charge is 0.383 e.